The van der Waals surface area contributed by atoms with Gasteiger partial charge in [-0.05, 0) is 62.9 Å². The smallest absolute Gasteiger partial charge is 0.248 e. The maximum Gasteiger partial charge on any atom is 0.248 e. The molecule has 0 saturated carbocycles. The molecule has 1 aliphatic rings. The van der Waals surface area contributed by atoms with Gasteiger partial charge in [0.2, 0.25) is 5.91 Å². The Morgan fingerprint density at radius 3 is 3.00 bits per heavy atom. The third kappa shape index (κ3) is 7.07. The van der Waals surface area contributed by atoms with Gasteiger partial charge in [0.25, 0.3) is 0 Å². The van der Waals surface area contributed by atoms with Crippen molar-refractivity contribution >= 4 is 18.3 Å². The van der Waals surface area contributed by atoms with Gasteiger partial charge in [-0.15, -0.1) is 12.4 Å². The number of methoxy groups -OCH3 is 1. The average molecular weight is 357 g/mol. The number of nitrogens with one attached hydrogen (secondary N) is 2. The van der Waals surface area contributed by atoms with Crippen molar-refractivity contribution in [1.29, 1.82) is 0 Å². The van der Waals surface area contributed by atoms with Crippen LogP contribution in [0.3, 0.4) is 0 Å². The van der Waals surface area contributed by atoms with Gasteiger partial charge >= 0.3 is 0 Å². The fourth-order valence-corrected chi connectivity index (χ4v) is 2.77. The molecule has 5 nitrogen and oxygen atoms in total. The molecule has 1 aliphatic heterocycles. The van der Waals surface area contributed by atoms with Crippen molar-refractivity contribution in [1.82, 2.24) is 10.6 Å². The zero-order valence-corrected chi connectivity index (χ0v) is 15.4. The number of carbonyl (C=O) groups excluding carboxylic acids is 1. The first-order chi connectivity index (χ1) is 11.2. The van der Waals surface area contributed by atoms with Crippen LogP contribution in [-0.4, -0.2) is 38.8 Å². The Kier molecular flexibility index (Phi) is 9.76. The number of benzene rings is 1. The van der Waals surface area contributed by atoms with Crippen LogP contribution in [0.1, 0.15) is 31.7 Å². The predicted molar refractivity (Wildman–Crippen MR) is 97.7 cm³/mol. The maximum atomic E-state index is 12.1. The second-order valence-electron chi connectivity index (χ2n) is 6.10. The van der Waals surface area contributed by atoms with Gasteiger partial charge in [-0.2, -0.15) is 0 Å². The molecule has 2 unspecified atom stereocenters. The number of halogens is 1. The summed E-state index contributed by atoms with van der Waals surface area (Å²) in [7, 11) is 1.64. The molecule has 1 saturated heterocycles. The SMILES string of the molecule is COc1cccc(COC(C)C(=O)NCCC2CCCNC2)c1.Cl. The number of carbonyl (C=O) groups is 1. The lowest BCUT2D eigenvalue weighted by Crippen LogP contribution is -2.37. The number of piperidine rings is 1. The highest BCUT2D eigenvalue weighted by Crippen LogP contribution is 2.14. The first-order valence-corrected chi connectivity index (χ1v) is 8.42. The van der Waals surface area contributed by atoms with Crippen LogP contribution in [0.4, 0.5) is 0 Å². The molecule has 2 rings (SSSR count). The molecule has 0 spiro atoms. The van der Waals surface area contributed by atoms with E-state index in [1.165, 1.54) is 12.8 Å². The van der Waals surface area contributed by atoms with E-state index >= 15 is 0 Å². The number of amides is 1. The number of ether oxygens (including phenoxy) is 2. The van der Waals surface area contributed by atoms with E-state index in [-0.39, 0.29) is 18.3 Å². The molecule has 1 amide bonds. The zero-order valence-electron chi connectivity index (χ0n) is 14.5. The molecule has 0 aromatic heterocycles. The van der Waals surface area contributed by atoms with Crippen LogP contribution in [0.15, 0.2) is 24.3 Å². The summed E-state index contributed by atoms with van der Waals surface area (Å²) in [6.45, 7) is 5.10. The third-order valence-electron chi connectivity index (χ3n) is 4.25. The van der Waals surface area contributed by atoms with Crippen molar-refractivity contribution in [2.45, 2.75) is 38.9 Å². The molecule has 1 aromatic rings. The highest BCUT2D eigenvalue weighted by Gasteiger charge is 2.16. The van der Waals surface area contributed by atoms with Crippen molar-refractivity contribution in [3.63, 3.8) is 0 Å². The maximum absolute atomic E-state index is 12.1. The lowest BCUT2D eigenvalue weighted by Gasteiger charge is -2.23. The Labute approximate surface area is 150 Å². The summed E-state index contributed by atoms with van der Waals surface area (Å²) < 4.78 is 10.8. The van der Waals surface area contributed by atoms with Gasteiger partial charge in [0.05, 0.1) is 13.7 Å². The molecule has 136 valence electrons. The second kappa shape index (κ2) is 11.3. The summed E-state index contributed by atoms with van der Waals surface area (Å²) in [4.78, 5) is 12.1. The van der Waals surface area contributed by atoms with E-state index in [9.17, 15) is 4.79 Å². The van der Waals surface area contributed by atoms with Crippen molar-refractivity contribution in [3.05, 3.63) is 29.8 Å². The van der Waals surface area contributed by atoms with E-state index in [2.05, 4.69) is 10.6 Å². The van der Waals surface area contributed by atoms with Crippen LogP contribution < -0.4 is 15.4 Å². The topological polar surface area (TPSA) is 59.6 Å². The molecule has 2 N–H and O–H groups in total. The van der Waals surface area contributed by atoms with Crippen molar-refractivity contribution in [2.24, 2.45) is 5.92 Å². The first-order valence-electron chi connectivity index (χ1n) is 8.42. The van der Waals surface area contributed by atoms with Crippen LogP contribution in [0.5, 0.6) is 5.75 Å². The molecule has 6 heteroatoms. The number of hydrogen-bond acceptors (Lipinski definition) is 4. The summed E-state index contributed by atoms with van der Waals surface area (Å²) in [5.74, 6) is 1.43. The van der Waals surface area contributed by atoms with Crippen LogP contribution in [-0.2, 0) is 16.1 Å². The monoisotopic (exact) mass is 356 g/mol. The van der Waals surface area contributed by atoms with Gasteiger partial charge in [-0.3, -0.25) is 4.79 Å². The van der Waals surface area contributed by atoms with Gasteiger partial charge in [0, 0.05) is 6.54 Å². The third-order valence-corrected chi connectivity index (χ3v) is 4.25. The van der Waals surface area contributed by atoms with Crippen LogP contribution in [0, 0.1) is 5.92 Å². The molecule has 2 atom stereocenters. The van der Waals surface area contributed by atoms with E-state index in [1.807, 2.05) is 24.3 Å². The standard InChI is InChI=1S/C18H28N2O3.ClH/c1-14(23-13-16-5-3-7-17(11-16)22-2)18(21)20-10-8-15-6-4-9-19-12-15;/h3,5,7,11,14-15,19H,4,6,8-10,12-13H2,1-2H3,(H,20,21);1H. The molecular formula is C18H29ClN2O3. The van der Waals surface area contributed by atoms with Gasteiger partial charge in [-0.1, -0.05) is 12.1 Å². The van der Waals surface area contributed by atoms with E-state index < -0.39 is 6.10 Å². The lowest BCUT2D eigenvalue weighted by molar-refractivity contribution is -0.132. The van der Waals surface area contributed by atoms with E-state index in [0.29, 0.717) is 12.5 Å². The molecule has 1 fully saturated rings. The fourth-order valence-electron chi connectivity index (χ4n) is 2.77. The summed E-state index contributed by atoms with van der Waals surface area (Å²) >= 11 is 0. The van der Waals surface area contributed by atoms with E-state index in [4.69, 9.17) is 9.47 Å². The molecule has 1 aromatic carbocycles. The number of hydrogen-bond donors (Lipinski definition) is 2. The van der Waals surface area contributed by atoms with Gasteiger partial charge in [0.15, 0.2) is 0 Å². The van der Waals surface area contributed by atoms with E-state index in [0.717, 1.165) is 37.4 Å². The van der Waals surface area contributed by atoms with Crippen LogP contribution in [0.2, 0.25) is 0 Å². The molecule has 0 aliphatic carbocycles. The predicted octanol–water partition coefficient (Wildman–Crippen LogP) is 2.53. The summed E-state index contributed by atoms with van der Waals surface area (Å²) in [6, 6.07) is 7.68. The second-order valence-corrected chi connectivity index (χ2v) is 6.10. The van der Waals surface area contributed by atoms with Gasteiger partial charge in [-0.25, -0.2) is 0 Å². The Balaban J connectivity index is 0.00000288. The Morgan fingerprint density at radius 2 is 2.29 bits per heavy atom. The van der Waals surface area contributed by atoms with Gasteiger partial charge in [0.1, 0.15) is 11.9 Å². The molecule has 0 radical (unpaired) electrons. The van der Waals surface area contributed by atoms with Crippen LogP contribution in [0.25, 0.3) is 0 Å². The minimum atomic E-state index is -0.453. The van der Waals surface area contributed by atoms with Crippen LogP contribution >= 0.6 is 12.4 Å². The molecule has 0 bridgehead atoms. The van der Waals surface area contributed by atoms with Crippen molar-refractivity contribution in [2.75, 3.05) is 26.7 Å². The Hall–Kier alpha value is -1.30. The summed E-state index contributed by atoms with van der Waals surface area (Å²) in [5.41, 5.74) is 0.997. The number of rotatable bonds is 8. The van der Waals surface area contributed by atoms with Gasteiger partial charge < -0.3 is 20.1 Å². The summed E-state index contributed by atoms with van der Waals surface area (Å²) in [5, 5.41) is 6.37. The molecule has 1 heterocycles. The quantitative estimate of drug-likeness (QED) is 0.751. The largest absolute Gasteiger partial charge is 0.497 e. The fraction of sp³-hybridized carbons (Fsp3) is 0.611. The highest BCUT2D eigenvalue weighted by molar-refractivity contribution is 5.85. The zero-order chi connectivity index (χ0) is 16.5. The van der Waals surface area contributed by atoms with E-state index in [1.54, 1.807) is 14.0 Å². The minimum Gasteiger partial charge on any atom is -0.497 e. The first kappa shape index (κ1) is 20.7. The van der Waals surface area contributed by atoms with Crippen molar-refractivity contribution in [3.8, 4) is 5.75 Å². The molecular weight excluding hydrogens is 328 g/mol. The molecule has 24 heavy (non-hydrogen) atoms. The Bertz CT molecular complexity index is 493. The summed E-state index contributed by atoms with van der Waals surface area (Å²) in [6.07, 6.45) is 3.07. The lowest BCUT2D eigenvalue weighted by atomic mass is 9.96. The highest BCUT2D eigenvalue weighted by atomic mass is 35.5. The van der Waals surface area contributed by atoms with Crippen molar-refractivity contribution < 1.29 is 14.3 Å². The normalized spacial score (nSPS) is 18.3. The average Bonchev–Trinajstić information content (AvgIpc) is 2.60. The minimum absolute atomic E-state index is 0. The Morgan fingerprint density at radius 1 is 1.46 bits per heavy atom.